The topological polar surface area (TPSA) is 51.2 Å². The van der Waals surface area contributed by atoms with E-state index in [1.807, 2.05) is 18.2 Å². The molecular formula is C15H16N2O2. The summed E-state index contributed by atoms with van der Waals surface area (Å²) in [4.78, 5) is 16.1. The van der Waals surface area contributed by atoms with Crippen LogP contribution in [0.15, 0.2) is 48.7 Å². The molecule has 0 spiro atoms. The van der Waals surface area contributed by atoms with Crippen molar-refractivity contribution in [3.63, 3.8) is 0 Å². The summed E-state index contributed by atoms with van der Waals surface area (Å²) < 4.78 is 5.06. The third kappa shape index (κ3) is 3.81. The van der Waals surface area contributed by atoms with E-state index >= 15 is 0 Å². The molecule has 0 atom stereocenters. The number of hydrogen-bond donors (Lipinski definition) is 1. The van der Waals surface area contributed by atoms with Gasteiger partial charge in [0.2, 0.25) is 0 Å². The first-order valence-corrected chi connectivity index (χ1v) is 6.12. The molecule has 0 saturated carbocycles. The van der Waals surface area contributed by atoms with E-state index in [4.69, 9.17) is 4.74 Å². The number of ether oxygens (including phenoxy) is 1. The molecule has 1 aromatic carbocycles. The maximum Gasteiger partial charge on any atom is 0.164 e. The Hall–Kier alpha value is -2.36. The highest BCUT2D eigenvalue weighted by Crippen LogP contribution is 2.12. The number of nitrogens with zero attached hydrogens (tertiary/aromatic N) is 1. The molecule has 19 heavy (non-hydrogen) atoms. The summed E-state index contributed by atoms with van der Waals surface area (Å²) in [6.45, 7) is 0.571. The van der Waals surface area contributed by atoms with Crippen molar-refractivity contribution in [2.24, 2.45) is 0 Å². The number of rotatable bonds is 6. The van der Waals surface area contributed by atoms with Crippen molar-refractivity contribution in [1.29, 1.82) is 0 Å². The molecule has 0 radical (unpaired) electrons. The molecule has 4 heteroatoms. The van der Waals surface area contributed by atoms with E-state index in [1.165, 1.54) is 0 Å². The Balaban J connectivity index is 1.84. The molecule has 2 aromatic rings. The Bertz CT molecular complexity index is 524. The molecule has 0 saturated heterocycles. The summed E-state index contributed by atoms with van der Waals surface area (Å²) >= 11 is 0. The van der Waals surface area contributed by atoms with Crippen molar-refractivity contribution in [3.8, 4) is 5.75 Å². The smallest absolute Gasteiger partial charge is 0.164 e. The quantitative estimate of drug-likeness (QED) is 0.807. The van der Waals surface area contributed by atoms with Gasteiger partial charge in [0, 0.05) is 24.7 Å². The van der Waals surface area contributed by atoms with Gasteiger partial charge in [-0.1, -0.05) is 6.07 Å². The van der Waals surface area contributed by atoms with Gasteiger partial charge in [0.15, 0.2) is 5.78 Å². The number of nitrogens with one attached hydrogen (secondary N) is 1. The lowest BCUT2D eigenvalue weighted by Crippen LogP contribution is -2.09. The van der Waals surface area contributed by atoms with Crippen LogP contribution < -0.4 is 10.1 Å². The lowest BCUT2D eigenvalue weighted by molar-refractivity contribution is 0.0986. The van der Waals surface area contributed by atoms with Gasteiger partial charge in [0.1, 0.15) is 11.6 Å². The van der Waals surface area contributed by atoms with E-state index in [9.17, 15) is 4.79 Å². The van der Waals surface area contributed by atoms with Gasteiger partial charge in [0.25, 0.3) is 0 Å². The number of pyridine rings is 1. The third-order valence-electron chi connectivity index (χ3n) is 2.74. The fraction of sp³-hybridized carbons (Fsp3) is 0.200. The molecule has 0 aliphatic rings. The standard InChI is InChI=1S/C15H16N2O2/c1-19-13-7-5-12(6-8-13)14(18)9-11-17-15-4-2-3-10-16-15/h2-8,10H,9,11H2,1H3,(H,16,17). The van der Waals surface area contributed by atoms with Gasteiger partial charge >= 0.3 is 0 Å². The van der Waals surface area contributed by atoms with Crippen molar-refractivity contribution in [2.75, 3.05) is 19.0 Å². The Morgan fingerprint density at radius 1 is 1.21 bits per heavy atom. The number of ketones is 1. The number of benzene rings is 1. The van der Waals surface area contributed by atoms with Crippen LogP contribution in [-0.2, 0) is 0 Å². The van der Waals surface area contributed by atoms with Crippen LogP contribution in [0.1, 0.15) is 16.8 Å². The van der Waals surface area contributed by atoms with Crippen LogP contribution in [0.2, 0.25) is 0 Å². The molecule has 2 rings (SSSR count). The Morgan fingerprint density at radius 3 is 2.63 bits per heavy atom. The lowest BCUT2D eigenvalue weighted by atomic mass is 10.1. The van der Waals surface area contributed by atoms with Gasteiger partial charge in [-0.25, -0.2) is 4.98 Å². The number of methoxy groups -OCH3 is 1. The predicted octanol–water partition coefficient (Wildman–Crippen LogP) is 2.78. The number of aromatic nitrogens is 1. The van der Waals surface area contributed by atoms with Crippen molar-refractivity contribution in [2.45, 2.75) is 6.42 Å². The number of carbonyl (C=O) groups is 1. The molecule has 1 N–H and O–H groups in total. The Kier molecular flexibility index (Phi) is 4.50. The van der Waals surface area contributed by atoms with Crippen molar-refractivity contribution in [1.82, 2.24) is 4.98 Å². The van der Waals surface area contributed by atoms with Crippen molar-refractivity contribution in [3.05, 3.63) is 54.2 Å². The lowest BCUT2D eigenvalue weighted by Gasteiger charge is -2.05. The predicted molar refractivity (Wildman–Crippen MR) is 74.7 cm³/mol. The minimum Gasteiger partial charge on any atom is -0.497 e. The van der Waals surface area contributed by atoms with Crippen LogP contribution in [0.4, 0.5) is 5.82 Å². The molecule has 0 aliphatic carbocycles. The van der Waals surface area contributed by atoms with E-state index in [0.717, 1.165) is 11.6 Å². The largest absolute Gasteiger partial charge is 0.497 e. The van der Waals surface area contributed by atoms with E-state index in [1.54, 1.807) is 37.6 Å². The molecule has 1 heterocycles. The van der Waals surface area contributed by atoms with E-state index in [2.05, 4.69) is 10.3 Å². The van der Waals surface area contributed by atoms with Crippen LogP contribution in [0.25, 0.3) is 0 Å². The van der Waals surface area contributed by atoms with Gasteiger partial charge < -0.3 is 10.1 Å². The summed E-state index contributed by atoms with van der Waals surface area (Å²) in [6, 6.07) is 12.8. The molecule has 0 unspecified atom stereocenters. The molecule has 1 aromatic heterocycles. The van der Waals surface area contributed by atoms with E-state index in [0.29, 0.717) is 18.5 Å². The summed E-state index contributed by atoms with van der Waals surface area (Å²) in [5.41, 5.74) is 0.698. The first-order chi connectivity index (χ1) is 9.29. The van der Waals surface area contributed by atoms with Gasteiger partial charge in [-0.15, -0.1) is 0 Å². The second-order valence-corrected chi connectivity index (χ2v) is 4.04. The highest BCUT2D eigenvalue weighted by Gasteiger charge is 2.05. The van der Waals surface area contributed by atoms with E-state index in [-0.39, 0.29) is 5.78 Å². The number of carbonyl (C=O) groups excluding carboxylic acids is 1. The van der Waals surface area contributed by atoms with Crippen molar-refractivity contribution < 1.29 is 9.53 Å². The number of Topliss-reactive ketones (excluding diaryl/α,β-unsaturated/α-hetero) is 1. The van der Waals surface area contributed by atoms with E-state index < -0.39 is 0 Å². The maximum atomic E-state index is 11.9. The van der Waals surface area contributed by atoms with Crippen LogP contribution >= 0.6 is 0 Å². The van der Waals surface area contributed by atoms with Crippen LogP contribution in [0.5, 0.6) is 5.75 Å². The monoisotopic (exact) mass is 256 g/mol. The summed E-state index contributed by atoms with van der Waals surface area (Å²) in [6.07, 6.45) is 2.15. The van der Waals surface area contributed by atoms with Crippen LogP contribution in [-0.4, -0.2) is 24.4 Å². The Labute approximate surface area is 112 Å². The van der Waals surface area contributed by atoms with Crippen LogP contribution in [0, 0.1) is 0 Å². The minimum atomic E-state index is 0.103. The number of hydrogen-bond acceptors (Lipinski definition) is 4. The first kappa shape index (κ1) is 13.1. The fourth-order valence-corrected chi connectivity index (χ4v) is 1.69. The number of anilines is 1. The molecular weight excluding hydrogens is 240 g/mol. The summed E-state index contributed by atoms with van der Waals surface area (Å²) in [7, 11) is 1.60. The van der Waals surface area contributed by atoms with Gasteiger partial charge in [-0.05, 0) is 36.4 Å². The minimum absolute atomic E-state index is 0.103. The normalized spacial score (nSPS) is 9.95. The first-order valence-electron chi connectivity index (χ1n) is 6.12. The molecule has 0 bridgehead atoms. The zero-order chi connectivity index (χ0) is 13.5. The maximum absolute atomic E-state index is 11.9. The molecule has 98 valence electrons. The second-order valence-electron chi connectivity index (χ2n) is 4.04. The average Bonchev–Trinajstić information content (AvgIpc) is 2.48. The molecule has 0 aliphatic heterocycles. The van der Waals surface area contributed by atoms with Crippen molar-refractivity contribution >= 4 is 11.6 Å². The molecule has 4 nitrogen and oxygen atoms in total. The summed E-state index contributed by atoms with van der Waals surface area (Å²) in [5, 5.41) is 3.11. The highest BCUT2D eigenvalue weighted by atomic mass is 16.5. The molecule has 0 fully saturated rings. The zero-order valence-electron chi connectivity index (χ0n) is 10.8. The highest BCUT2D eigenvalue weighted by molar-refractivity contribution is 5.96. The van der Waals surface area contributed by atoms with Gasteiger partial charge in [-0.3, -0.25) is 4.79 Å². The van der Waals surface area contributed by atoms with Gasteiger partial charge in [-0.2, -0.15) is 0 Å². The van der Waals surface area contributed by atoms with Crippen LogP contribution in [0.3, 0.4) is 0 Å². The Morgan fingerprint density at radius 2 is 2.00 bits per heavy atom. The zero-order valence-corrected chi connectivity index (χ0v) is 10.8. The average molecular weight is 256 g/mol. The summed E-state index contributed by atoms with van der Waals surface area (Å²) in [5.74, 6) is 1.64. The fourth-order valence-electron chi connectivity index (χ4n) is 1.69. The van der Waals surface area contributed by atoms with Gasteiger partial charge in [0.05, 0.1) is 7.11 Å². The SMILES string of the molecule is COc1ccc(C(=O)CCNc2ccccn2)cc1. The third-order valence-corrected chi connectivity index (χ3v) is 2.74. The molecule has 0 amide bonds. The second kappa shape index (κ2) is 6.54.